The van der Waals surface area contributed by atoms with Crippen molar-refractivity contribution in [3.63, 3.8) is 0 Å². The summed E-state index contributed by atoms with van der Waals surface area (Å²) in [6.07, 6.45) is 5.23. The molecule has 0 saturated heterocycles. The average molecular weight is 184 g/mol. The molecule has 0 aliphatic carbocycles. The normalized spacial score (nSPS) is 15.8. The molecule has 2 nitrogen and oxygen atoms in total. The smallest absolute Gasteiger partial charge is 0.0144 e. The molecule has 2 heteroatoms. The number of nitrogens with one attached hydrogen (secondary N) is 2. The zero-order valence-electron chi connectivity index (χ0n) is 9.43. The Bertz CT molecular complexity index is 132. The highest BCUT2D eigenvalue weighted by Crippen LogP contribution is 2.09. The lowest BCUT2D eigenvalue weighted by molar-refractivity contribution is 0.382. The van der Waals surface area contributed by atoms with Crippen LogP contribution in [0.25, 0.3) is 0 Å². The first-order valence-corrected chi connectivity index (χ1v) is 5.38. The zero-order chi connectivity index (χ0) is 10.3. The first-order valence-electron chi connectivity index (χ1n) is 5.38. The standard InChI is InChI=1S/C11H24N2/c1-5-6-7-11(10(4)8-12)13-9(2)3/h8-13H,5-7H2,1-4H3. The maximum atomic E-state index is 7.25. The van der Waals surface area contributed by atoms with Crippen LogP contribution in [-0.4, -0.2) is 18.3 Å². The molecule has 0 aromatic rings. The van der Waals surface area contributed by atoms with Gasteiger partial charge in [-0.3, -0.25) is 0 Å². The Morgan fingerprint density at radius 1 is 1.31 bits per heavy atom. The van der Waals surface area contributed by atoms with E-state index in [4.69, 9.17) is 5.41 Å². The van der Waals surface area contributed by atoms with Crippen molar-refractivity contribution < 1.29 is 0 Å². The van der Waals surface area contributed by atoms with Gasteiger partial charge in [-0.25, -0.2) is 0 Å². The lowest BCUT2D eigenvalue weighted by atomic mass is 9.97. The van der Waals surface area contributed by atoms with E-state index in [0.717, 1.165) is 0 Å². The van der Waals surface area contributed by atoms with Crippen LogP contribution in [-0.2, 0) is 0 Å². The molecule has 0 fully saturated rings. The Kier molecular flexibility index (Phi) is 6.87. The van der Waals surface area contributed by atoms with Gasteiger partial charge in [-0.2, -0.15) is 0 Å². The molecular formula is C11H24N2. The van der Waals surface area contributed by atoms with Gasteiger partial charge in [-0.05, 0) is 12.6 Å². The number of hydrogen-bond donors (Lipinski definition) is 2. The largest absolute Gasteiger partial charge is 0.313 e. The van der Waals surface area contributed by atoms with Gasteiger partial charge in [0.2, 0.25) is 0 Å². The molecule has 0 aromatic carbocycles. The third-order valence-corrected chi connectivity index (χ3v) is 2.31. The summed E-state index contributed by atoms with van der Waals surface area (Å²) in [6, 6.07) is 1.00. The van der Waals surface area contributed by atoms with Crippen LogP contribution >= 0.6 is 0 Å². The van der Waals surface area contributed by atoms with Crippen LogP contribution in [0.4, 0.5) is 0 Å². The molecule has 0 saturated carbocycles. The predicted octanol–water partition coefficient (Wildman–Crippen LogP) is 2.83. The van der Waals surface area contributed by atoms with Crippen LogP contribution in [0.1, 0.15) is 47.0 Å². The minimum atomic E-state index is 0.356. The van der Waals surface area contributed by atoms with Gasteiger partial charge in [0.15, 0.2) is 0 Å². The van der Waals surface area contributed by atoms with Crippen LogP contribution in [0, 0.1) is 11.3 Å². The van der Waals surface area contributed by atoms with E-state index in [0.29, 0.717) is 18.0 Å². The van der Waals surface area contributed by atoms with Crippen LogP contribution in [0.5, 0.6) is 0 Å². The average Bonchev–Trinajstić information content (AvgIpc) is 2.10. The summed E-state index contributed by atoms with van der Waals surface area (Å²) in [6.45, 7) is 8.65. The topological polar surface area (TPSA) is 35.9 Å². The molecule has 0 aliphatic heterocycles. The Labute approximate surface area is 82.6 Å². The van der Waals surface area contributed by atoms with Crippen molar-refractivity contribution in [2.75, 3.05) is 0 Å². The van der Waals surface area contributed by atoms with Crippen molar-refractivity contribution in [3.8, 4) is 0 Å². The second-order valence-corrected chi connectivity index (χ2v) is 4.10. The van der Waals surface area contributed by atoms with E-state index >= 15 is 0 Å². The minimum absolute atomic E-state index is 0.356. The molecule has 0 amide bonds. The van der Waals surface area contributed by atoms with E-state index in [1.165, 1.54) is 19.3 Å². The van der Waals surface area contributed by atoms with E-state index in [2.05, 4.69) is 33.0 Å². The van der Waals surface area contributed by atoms with Gasteiger partial charge < -0.3 is 10.7 Å². The fourth-order valence-corrected chi connectivity index (χ4v) is 1.47. The van der Waals surface area contributed by atoms with Crippen molar-refractivity contribution in [2.24, 2.45) is 5.92 Å². The first kappa shape index (κ1) is 12.6. The molecule has 78 valence electrons. The van der Waals surface area contributed by atoms with Gasteiger partial charge in [-0.1, -0.05) is 40.5 Å². The molecule has 0 bridgehead atoms. The van der Waals surface area contributed by atoms with Gasteiger partial charge in [0.05, 0.1) is 0 Å². The van der Waals surface area contributed by atoms with Gasteiger partial charge in [0, 0.05) is 18.0 Å². The van der Waals surface area contributed by atoms with Crippen LogP contribution < -0.4 is 5.32 Å². The van der Waals surface area contributed by atoms with Crippen LogP contribution in [0.3, 0.4) is 0 Å². The molecule has 0 rings (SSSR count). The summed E-state index contributed by atoms with van der Waals surface area (Å²) in [7, 11) is 0. The molecular weight excluding hydrogens is 160 g/mol. The second-order valence-electron chi connectivity index (χ2n) is 4.10. The van der Waals surface area contributed by atoms with E-state index in [1.807, 2.05) is 0 Å². The third-order valence-electron chi connectivity index (χ3n) is 2.31. The lowest BCUT2D eigenvalue weighted by Gasteiger charge is -2.24. The van der Waals surface area contributed by atoms with Gasteiger partial charge >= 0.3 is 0 Å². The minimum Gasteiger partial charge on any atom is -0.313 e. The molecule has 0 radical (unpaired) electrons. The molecule has 0 heterocycles. The quantitative estimate of drug-likeness (QED) is 0.586. The Morgan fingerprint density at radius 2 is 1.92 bits per heavy atom. The molecule has 2 N–H and O–H groups in total. The molecule has 0 spiro atoms. The summed E-state index contributed by atoms with van der Waals surface area (Å²) in [4.78, 5) is 0. The fraction of sp³-hybridized carbons (Fsp3) is 0.909. The second kappa shape index (κ2) is 7.07. The number of unbranched alkanes of at least 4 members (excludes halogenated alkanes) is 1. The van der Waals surface area contributed by atoms with Crippen molar-refractivity contribution in [1.82, 2.24) is 5.32 Å². The Balaban J connectivity index is 3.94. The maximum absolute atomic E-state index is 7.25. The Hall–Kier alpha value is -0.370. The van der Waals surface area contributed by atoms with E-state index in [-0.39, 0.29) is 0 Å². The first-order chi connectivity index (χ1) is 6.11. The van der Waals surface area contributed by atoms with Crippen molar-refractivity contribution in [1.29, 1.82) is 5.41 Å². The number of rotatable bonds is 7. The van der Waals surface area contributed by atoms with Gasteiger partial charge in [0.1, 0.15) is 0 Å². The number of hydrogen-bond acceptors (Lipinski definition) is 2. The van der Waals surface area contributed by atoms with Crippen LogP contribution in [0.2, 0.25) is 0 Å². The summed E-state index contributed by atoms with van der Waals surface area (Å²) < 4.78 is 0. The zero-order valence-corrected chi connectivity index (χ0v) is 9.43. The highest BCUT2D eigenvalue weighted by molar-refractivity contribution is 5.57. The summed E-state index contributed by atoms with van der Waals surface area (Å²) in [5, 5.41) is 10.8. The monoisotopic (exact) mass is 184 g/mol. The van der Waals surface area contributed by atoms with Crippen molar-refractivity contribution in [2.45, 2.75) is 59.0 Å². The summed E-state index contributed by atoms with van der Waals surface area (Å²) in [5.41, 5.74) is 0. The maximum Gasteiger partial charge on any atom is 0.0144 e. The highest BCUT2D eigenvalue weighted by atomic mass is 14.9. The molecule has 13 heavy (non-hydrogen) atoms. The van der Waals surface area contributed by atoms with Gasteiger partial charge in [0.25, 0.3) is 0 Å². The molecule has 0 aliphatic rings. The van der Waals surface area contributed by atoms with E-state index in [1.54, 1.807) is 6.21 Å². The van der Waals surface area contributed by atoms with Crippen molar-refractivity contribution in [3.05, 3.63) is 0 Å². The molecule has 2 unspecified atom stereocenters. The summed E-state index contributed by atoms with van der Waals surface area (Å²) >= 11 is 0. The van der Waals surface area contributed by atoms with Crippen LogP contribution in [0.15, 0.2) is 0 Å². The van der Waals surface area contributed by atoms with Crippen molar-refractivity contribution >= 4 is 6.21 Å². The Morgan fingerprint density at radius 3 is 2.31 bits per heavy atom. The van der Waals surface area contributed by atoms with E-state index in [9.17, 15) is 0 Å². The highest BCUT2D eigenvalue weighted by Gasteiger charge is 2.14. The SMILES string of the molecule is CCCCC(NC(C)C)C(C)C=N. The van der Waals surface area contributed by atoms with E-state index < -0.39 is 0 Å². The fourth-order valence-electron chi connectivity index (χ4n) is 1.47. The molecule has 0 aromatic heterocycles. The summed E-state index contributed by atoms with van der Waals surface area (Å²) in [5.74, 6) is 0.356. The lowest BCUT2D eigenvalue weighted by Crippen LogP contribution is -2.39. The molecule has 2 atom stereocenters. The third kappa shape index (κ3) is 5.81. The van der Waals surface area contributed by atoms with Gasteiger partial charge in [-0.15, -0.1) is 0 Å². The predicted molar refractivity (Wildman–Crippen MR) is 59.5 cm³/mol.